The fourth-order valence-corrected chi connectivity index (χ4v) is 2.18. The minimum absolute atomic E-state index is 0.0953. The van der Waals surface area contributed by atoms with E-state index in [0.29, 0.717) is 6.61 Å². The molecular formula is C17H26O3. The van der Waals surface area contributed by atoms with Gasteiger partial charge >= 0.3 is 0 Å². The van der Waals surface area contributed by atoms with Crippen LogP contribution in [0.1, 0.15) is 45.6 Å². The summed E-state index contributed by atoms with van der Waals surface area (Å²) in [4.78, 5) is 0. The van der Waals surface area contributed by atoms with Crippen molar-refractivity contribution in [2.75, 3.05) is 19.8 Å². The fourth-order valence-electron chi connectivity index (χ4n) is 2.18. The van der Waals surface area contributed by atoms with E-state index in [-0.39, 0.29) is 11.7 Å². The lowest BCUT2D eigenvalue weighted by Gasteiger charge is -2.24. The summed E-state index contributed by atoms with van der Waals surface area (Å²) in [5.41, 5.74) is 1.58. The molecule has 0 radical (unpaired) electrons. The van der Waals surface area contributed by atoms with Crippen LogP contribution in [0.5, 0.6) is 5.75 Å². The van der Waals surface area contributed by atoms with E-state index in [9.17, 15) is 0 Å². The number of hydrogen-bond donors (Lipinski definition) is 0. The van der Waals surface area contributed by atoms with Crippen molar-refractivity contribution in [2.45, 2.75) is 51.7 Å². The van der Waals surface area contributed by atoms with Crippen LogP contribution in [0.25, 0.3) is 0 Å². The predicted molar refractivity (Wildman–Crippen MR) is 80.2 cm³/mol. The molecule has 0 saturated carbocycles. The van der Waals surface area contributed by atoms with Gasteiger partial charge in [-0.1, -0.05) is 32.9 Å². The molecule has 20 heavy (non-hydrogen) atoms. The summed E-state index contributed by atoms with van der Waals surface area (Å²) in [6, 6.07) is 8.42. The first-order chi connectivity index (χ1) is 9.62. The third kappa shape index (κ3) is 4.22. The molecule has 3 heteroatoms. The first-order valence-electron chi connectivity index (χ1n) is 7.58. The minimum atomic E-state index is -0.0953. The van der Waals surface area contributed by atoms with Crippen LogP contribution in [0.4, 0.5) is 0 Å². The zero-order valence-electron chi connectivity index (χ0n) is 12.9. The predicted octanol–water partition coefficient (Wildman–Crippen LogP) is 3.91. The third-order valence-electron chi connectivity index (χ3n) is 4.04. The molecule has 1 heterocycles. The van der Waals surface area contributed by atoms with Crippen molar-refractivity contribution >= 4 is 0 Å². The first-order valence-corrected chi connectivity index (χ1v) is 7.58. The van der Waals surface area contributed by atoms with Gasteiger partial charge in [0.2, 0.25) is 0 Å². The van der Waals surface area contributed by atoms with Crippen LogP contribution in [-0.4, -0.2) is 26.1 Å². The van der Waals surface area contributed by atoms with Crippen LogP contribution in [0, 0.1) is 0 Å². The van der Waals surface area contributed by atoms with E-state index in [2.05, 4.69) is 45.0 Å². The van der Waals surface area contributed by atoms with Crippen molar-refractivity contribution < 1.29 is 14.2 Å². The SMILES string of the molecule is CCC(C)(C)c1ccc(OCCC2OCCCO2)cc1. The summed E-state index contributed by atoms with van der Waals surface area (Å²) >= 11 is 0. The molecule has 0 bridgehead atoms. The van der Waals surface area contributed by atoms with Gasteiger partial charge < -0.3 is 14.2 Å². The van der Waals surface area contributed by atoms with Gasteiger partial charge in [0, 0.05) is 6.42 Å². The monoisotopic (exact) mass is 278 g/mol. The zero-order chi connectivity index (χ0) is 14.4. The van der Waals surface area contributed by atoms with Crippen LogP contribution in [0.2, 0.25) is 0 Å². The topological polar surface area (TPSA) is 27.7 Å². The Bertz CT molecular complexity index is 391. The summed E-state index contributed by atoms with van der Waals surface area (Å²) in [5.74, 6) is 0.913. The maximum absolute atomic E-state index is 5.75. The molecule has 1 aromatic carbocycles. The Hall–Kier alpha value is -1.06. The molecule has 1 fully saturated rings. The molecule has 112 valence electrons. The van der Waals surface area contributed by atoms with Crippen LogP contribution < -0.4 is 4.74 Å². The van der Waals surface area contributed by atoms with E-state index < -0.39 is 0 Å². The normalized spacial score (nSPS) is 17.1. The molecule has 2 rings (SSSR count). The molecule has 0 spiro atoms. The van der Waals surface area contributed by atoms with Gasteiger partial charge in [-0.2, -0.15) is 0 Å². The molecule has 0 aliphatic carbocycles. The van der Waals surface area contributed by atoms with E-state index in [1.807, 2.05) is 0 Å². The Balaban J connectivity index is 1.79. The molecule has 1 aliphatic rings. The molecule has 3 nitrogen and oxygen atoms in total. The lowest BCUT2D eigenvalue weighted by molar-refractivity contribution is -0.183. The zero-order valence-corrected chi connectivity index (χ0v) is 12.9. The summed E-state index contributed by atoms with van der Waals surface area (Å²) in [5, 5.41) is 0. The van der Waals surface area contributed by atoms with Gasteiger partial charge in [0.25, 0.3) is 0 Å². The molecule has 1 aliphatic heterocycles. The van der Waals surface area contributed by atoms with Crippen LogP contribution in [0.15, 0.2) is 24.3 Å². The lowest BCUT2D eigenvalue weighted by Crippen LogP contribution is -2.26. The van der Waals surface area contributed by atoms with Crippen LogP contribution in [0.3, 0.4) is 0 Å². The number of benzene rings is 1. The van der Waals surface area contributed by atoms with Gasteiger partial charge in [-0.25, -0.2) is 0 Å². The van der Waals surface area contributed by atoms with Gasteiger partial charge in [0.05, 0.1) is 19.8 Å². The Labute approximate surface area is 122 Å². The van der Waals surface area contributed by atoms with Crippen LogP contribution in [-0.2, 0) is 14.9 Å². The van der Waals surface area contributed by atoms with Crippen molar-refractivity contribution in [3.63, 3.8) is 0 Å². The number of hydrogen-bond acceptors (Lipinski definition) is 3. The van der Waals surface area contributed by atoms with Crippen molar-refractivity contribution in [1.82, 2.24) is 0 Å². The van der Waals surface area contributed by atoms with Crippen molar-refractivity contribution in [1.29, 1.82) is 0 Å². The third-order valence-corrected chi connectivity index (χ3v) is 4.04. The van der Waals surface area contributed by atoms with Gasteiger partial charge in [-0.3, -0.25) is 0 Å². The van der Waals surface area contributed by atoms with Gasteiger partial charge in [-0.05, 0) is 36.0 Å². The molecule has 0 atom stereocenters. The van der Waals surface area contributed by atoms with E-state index in [0.717, 1.165) is 38.2 Å². The maximum Gasteiger partial charge on any atom is 0.160 e. The molecule has 0 unspecified atom stereocenters. The van der Waals surface area contributed by atoms with Crippen molar-refractivity contribution in [2.24, 2.45) is 0 Å². The first kappa shape index (κ1) is 15.3. The highest BCUT2D eigenvalue weighted by molar-refractivity contribution is 5.31. The highest BCUT2D eigenvalue weighted by Gasteiger charge is 2.18. The highest BCUT2D eigenvalue weighted by atomic mass is 16.7. The standard InChI is InChI=1S/C17H26O3/c1-4-17(2,3)14-6-8-15(9-7-14)18-13-10-16-19-11-5-12-20-16/h6-9,16H,4-5,10-13H2,1-3H3. The summed E-state index contributed by atoms with van der Waals surface area (Å²) in [6.45, 7) is 8.97. The molecule has 1 aromatic rings. The van der Waals surface area contributed by atoms with Crippen molar-refractivity contribution in [3.05, 3.63) is 29.8 Å². The Morgan fingerprint density at radius 1 is 1.15 bits per heavy atom. The molecule has 0 aromatic heterocycles. The minimum Gasteiger partial charge on any atom is -0.493 e. The Morgan fingerprint density at radius 3 is 2.40 bits per heavy atom. The second-order valence-corrected chi connectivity index (χ2v) is 5.92. The summed E-state index contributed by atoms with van der Waals surface area (Å²) in [6.07, 6.45) is 2.81. The fraction of sp³-hybridized carbons (Fsp3) is 0.647. The van der Waals surface area contributed by atoms with Gasteiger partial charge in [0.15, 0.2) is 6.29 Å². The van der Waals surface area contributed by atoms with Gasteiger partial charge in [0.1, 0.15) is 5.75 Å². The second kappa shape index (κ2) is 7.09. The van der Waals surface area contributed by atoms with Crippen LogP contribution >= 0.6 is 0 Å². The Morgan fingerprint density at radius 2 is 1.80 bits per heavy atom. The maximum atomic E-state index is 5.75. The molecular weight excluding hydrogens is 252 g/mol. The average molecular weight is 278 g/mol. The highest BCUT2D eigenvalue weighted by Crippen LogP contribution is 2.28. The summed E-state index contributed by atoms with van der Waals surface area (Å²) < 4.78 is 16.7. The summed E-state index contributed by atoms with van der Waals surface area (Å²) in [7, 11) is 0. The second-order valence-electron chi connectivity index (χ2n) is 5.92. The van der Waals surface area contributed by atoms with E-state index in [4.69, 9.17) is 14.2 Å². The Kier molecular flexibility index (Phi) is 5.44. The smallest absolute Gasteiger partial charge is 0.160 e. The van der Waals surface area contributed by atoms with E-state index >= 15 is 0 Å². The van der Waals surface area contributed by atoms with E-state index in [1.165, 1.54) is 5.56 Å². The largest absolute Gasteiger partial charge is 0.493 e. The molecule has 0 N–H and O–H groups in total. The molecule has 0 amide bonds. The van der Waals surface area contributed by atoms with Crippen molar-refractivity contribution in [3.8, 4) is 5.75 Å². The number of rotatable bonds is 6. The molecule has 1 saturated heterocycles. The number of ether oxygens (including phenoxy) is 3. The average Bonchev–Trinajstić information content (AvgIpc) is 2.49. The quantitative estimate of drug-likeness (QED) is 0.789. The van der Waals surface area contributed by atoms with E-state index in [1.54, 1.807) is 0 Å². The van der Waals surface area contributed by atoms with Gasteiger partial charge in [-0.15, -0.1) is 0 Å². The lowest BCUT2D eigenvalue weighted by atomic mass is 9.82.